The first-order chi connectivity index (χ1) is 11.1. The quantitative estimate of drug-likeness (QED) is 0.854. The van der Waals surface area contributed by atoms with Crippen LogP contribution in [0.25, 0.3) is 11.3 Å². The van der Waals surface area contributed by atoms with E-state index in [-0.39, 0.29) is 0 Å². The molecular formula is C17H19Cl2NO3. The van der Waals surface area contributed by atoms with Gasteiger partial charge in [-0.1, -0.05) is 23.2 Å². The van der Waals surface area contributed by atoms with Crippen LogP contribution in [0.3, 0.4) is 0 Å². The molecule has 1 saturated heterocycles. The van der Waals surface area contributed by atoms with E-state index in [1.807, 2.05) is 18.2 Å². The van der Waals surface area contributed by atoms with E-state index in [1.54, 1.807) is 12.1 Å². The molecule has 1 aliphatic rings. The van der Waals surface area contributed by atoms with E-state index in [1.165, 1.54) is 0 Å². The fourth-order valence-electron chi connectivity index (χ4n) is 2.62. The lowest BCUT2D eigenvalue weighted by molar-refractivity contribution is -0.0618. The number of nitrogens with one attached hydrogen (secondary N) is 1. The van der Waals surface area contributed by atoms with Crippen molar-refractivity contribution in [1.82, 2.24) is 5.32 Å². The van der Waals surface area contributed by atoms with Gasteiger partial charge < -0.3 is 19.6 Å². The minimum absolute atomic E-state index is 0.502. The number of hydrogen-bond acceptors (Lipinski definition) is 4. The van der Waals surface area contributed by atoms with Gasteiger partial charge in [0, 0.05) is 38.2 Å². The van der Waals surface area contributed by atoms with Gasteiger partial charge in [-0.15, -0.1) is 0 Å². The summed E-state index contributed by atoms with van der Waals surface area (Å²) in [7, 11) is 0. The molecule has 1 aromatic carbocycles. The fraction of sp³-hybridized carbons (Fsp3) is 0.412. The maximum atomic E-state index is 10.4. The molecule has 1 aliphatic heterocycles. The summed E-state index contributed by atoms with van der Waals surface area (Å²) in [6.45, 7) is 2.31. The second kappa shape index (κ2) is 7.24. The second-order valence-electron chi connectivity index (χ2n) is 5.84. The molecule has 0 unspecified atom stereocenters. The first kappa shape index (κ1) is 16.8. The number of rotatable bonds is 5. The molecule has 0 atom stereocenters. The minimum Gasteiger partial charge on any atom is -0.460 e. The lowest BCUT2D eigenvalue weighted by Crippen LogP contribution is -2.44. The second-order valence-corrected chi connectivity index (χ2v) is 6.65. The molecule has 124 valence electrons. The molecule has 1 aromatic heterocycles. The van der Waals surface area contributed by atoms with Crippen molar-refractivity contribution in [2.75, 3.05) is 19.8 Å². The molecule has 2 heterocycles. The van der Waals surface area contributed by atoms with E-state index in [9.17, 15) is 5.11 Å². The van der Waals surface area contributed by atoms with Gasteiger partial charge in [0.05, 0.1) is 22.2 Å². The Hall–Kier alpha value is -1.04. The van der Waals surface area contributed by atoms with Crippen LogP contribution in [0.15, 0.2) is 34.7 Å². The van der Waals surface area contributed by atoms with Crippen LogP contribution in [0.5, 0.6) is 0 Å². The minimum atomic E-state index is -0.683. The molecule has 23 heavy (non-hydrogen) atoms. The van der Waals surface area contributed by atoms with Gasteiger partial charge >= 0.3 is 0 Å². The monoisotopic (exact) mass is 355 g/mol. The molecule has 6 heteroatoms. The zero-order valence-corrected chi connectivity index (χ0v) is 14.2. The molecule has 0 radical (unpaired) electrons. The smallest absolute Gasteiger partial charge is 0.134 e. The standard InChI is InChI=1S/C17H19Cl2NO3/c18-14-3-1-12(9-15(14)19)16-4-2-13(23-16)10-20-11-17(21)5-7-22-8-6-17/h1-4,9,20-21H,5-8,10-11H2. The van der Waals surface area contributed by atoms with Crippen molar-refractivity contribution < 1.29 is 14.3 Å². The van der Waals surface area contributed by atoms with Gasteiger partial charge in [0.15, 0.2) is 0 Å². The van der Waals surface area contributed by atoms with Gasteiger partial charge in [0.25, 0.3) is 0 Å². The number of ether oxygens (including phenoxy) is 1. The van der Waals surface area contributed by atoms with Crippen molar-refractivity contribution in [3.63, 3.8) is 0 Å². The first-order valence-corrected chi connectivity index (χ1v) is 8.36. The molecule has 2 N–H and O–H groups in total. The zero-order valence-electron chi connectivity index (χ0n) is 12.6. The highest BCUT2D eigenvalue weighted by atomic mass is 35.5. The van der Waals surface area contributed by atoms with E-state index < -0.39 is 5.60 Å². The molecule has 0 spiro atoms. The SMILES string of the molecule is OC1(CNCc2ccc(-c3ccc(Cl)c(Cl)c3)o2)CCOCC1. The topological polar surface area (TPSA) is 54.6 Å². The van der Waals surface area contributed by atoms with Crippen LogP contribution in [0.4, 0.5) is 0 Å². The highest BCUT2D eigenvalue weighted by Gasteiger charge is 2.29. The van der Waals surface area contributed by atoms with Crippen LogP contribution < -0.4 is 5.32 Å². The molecule has 3 rings (SSSR count). The molecule has 2 aromatic rings. The predicted octanol–water partition coefficient (Wildman–Crippen LogP) is 3.88. The fourth-order valence-corrected chi connectivity index (χ4v) is 2.92. The maximum absolute atomic E-state index is 10.4. The van der Waals surface area contributed by atoms with Crippen molar-refractivity contribution in [2.45, 2.75) is 25.0 Å². The highest BCUT2D eigenvalue weighted by molar-refractivity contribution is 6.42. The largest absolute Gasteiger partial charge is 0.460 e. The van der Waals surface area contributed by atoms with E-state index in [0.29, 0.717) is 49.2 Å². The van der Waals surface area contributed by atoms with Crippen molar-refractivity contribution >= 4 is 23.2 Å². The number of halogens is 2. The Morgan fingerprint density at radius 1 is 1.09 bits per heavy atom. The normalized spacial score (nSPS) is 17.3. The third kappa shape index (κ3) is 4.28. The average molecular weight is 356 g/mol. The molecule has 0 amide bonds. The summed E-state index contributed by atoms with van der Waals surface area (Å²) in [5.41, 5.74) is 0.200. The van der Waals surface area contributed by atoms with E-state index in [2.05, 4.69) is 5.32 Å². The Bertz CT molecular complexity index is 666. The summed E-state index contributed by atoms with van der Waals surface area (Å²) in [5.74, 6) is 1.55. The Balaban J connectivity index is 1.58. The summed E-state index contributed by atoms with van der Waals surface area (Å²) < 4.78 is 11.1. The zero-order chi connectivity index (χ0) is 16.3. The van der Waals surface area contributed by atoms with Gasteiger partial charge in [-0.3, -0.25) is 0 Å². The van der Waals surface area contributed by atoms with Crippen LogP contribution >= 0.6 is 23.2 Å². The molecule has 1 fully saturated rings. The van der Waals surface area contributed by atoms with Gasteiger partial charge in [0.2, 0.25) is 0 Å². The molecule has 0 aliphatic carbocycles. The van der Waals surface area contributed by atoms with Crippen LogP contribution in [0, 0.1) is 0 Å². The summed E-state index contributed by atoms with van der Waals surface area (Å²) in [6, 6.07) is 9.22. The van der Waals surface area contributed by atoms with Crippen LogP contribution in [-0.2, 0) is 11.3 Å². The Morgan fingerprint density at radius 3 is 2.61 bits per heavy atom. The van der Waals surface area contributed by atoms with Crippen LogP contribution in [-0.4, -0.2) is 30.5 Å². The lowest BCUT2D eigenvalue weighted by Gasteiger charge is -2.32. The third-order valence-corrected chi connectivity index (χ3v) is 4.78. The Labute approximate surface area is 145 Å². The maximum Gasteiger partial charge on any atom is 0.134 e. The number of furan rings is 1. The van der Waals surface area contributed by atoms with Gasteiger partial charge in [0.1, 0.15) is 11.5 Å². The van der Waals surface area contributed by atoms with Crippen molar-refractivity contribution in [1.29, 1.82) is 0 Å². The molecule has 0 saturated carbocycles. The number of aliphatic hydroxyl groups is 1. The lowest BCUT2D eigenvalue weighted by atomic mass is 9.94. The van der Waals surface area contributed by atoms with Crippen LogP contribution in [0.1, 0.15) is 18.6 Å². The predicted molar refractivity (Wildman–Crippen MR) is 90.9 cm³/mol. The van der Waals surface area contributed by atoms with Crippen molar-refractivity contribution in [3.05, 3.63) is 46.1 Å². The summed E-state index contributed by atoms with van der Waals surface area (Å²) in [4.78, 5) is 0. The van der Waals surface area contributed by atoms with Crippen molar-refractivity contribution in [2.24, 2.45) is 0 Å². The first-order valence-electron chi connectivity index (χ1n) is 7.61. The highest BCUT2D eigenvalue weighted by Crippen LogP contribution is 2.29. The molecular weight excluding hydrogens is 337 g/mol. The molecule has 4 nitrogen and oxygen atoms in total. The van der Waals surface area contributed by atoms with Gasteiger partial charge in [-0.2, -0.15) is 0 Å². The van der Waals surface area contributed by atoms with Crippen LogP contribution in [0.2, 0.25) is 10.0 Å². The van der Waals surface area contributed by atoms with Gasteiger partial charge in [-0.05, 0) is 30.3 Å². The average Bonchev–Trinajstić information content (AvgIpc) is 2.99. The van der Waals surface area contributed by atoms with E-state index >= 15 is 0 Å². The van der Waals surface area contributed by atoms with E-state index in [4.69, 9.17) is 32.4 Å². The summed E-state index contributed by atoms with van der Waals surface area (Å²) in [5, 5.41) is 14.7. The summed E-state index contributed by atoms with van der Waals surface area (Å²) >= 11 is 12.0. The Kier molecular flexibility index (Phi) is 5.29. The summed E-state index contributed by atoms with van der Waals surface area (Å²) in [6.07, 6.45) is 1.32. The number of hydrogen-bond donors (Lipinski definition) is 2. The third-order valence-electron chi connectivity index (χ3n) is 4.04. The van der Waals surface area contributed by atoms with Gasteiger partial charge in [-0.25, -0.2) is 0 Å². The van der Waals surface area contributed by atoms with E-state index in [0.717, 1.165) is 17.1 Å². The molecule has 0 bridgehead atoms. The Morgan fingerprint density at radius 2 is 1.87 bits per heavy atom. The van der Waals surface area contributed by atoms with Crippen molar-refractivity contribution in [3.8, 4) is 11.3 Å². The number of benzene rings is 1.